The Morgan fingerprint density at radius 2 is 1.07 bits per heavy atom. The van der Waals surface area contributed by atoms with Crippen molar-refractivity contribution in [3.63, 3.8) is 0 Å². The fourth-order valence-corrected chi connectivity index (χ4v) is 9.44. The number of halogens is 6. The third kappa shape index (κ3) is 23.4. The van der Waals surface area contributed by atoms with Crippen molar-refractivity contribution in [3.05, 3.63) is 106 Å². The van der Waals surface area contributed by atoms with E-state index in [1.165, 1.54) is 35.9 Å². The molecular weight excluding hydrogens is 1050 g/mol. The van der Waals surface area contributed by atoms with Crippen molar-refractivity contribution in [2.45, 2.75) is 130 Å². The van der Waals surface area contributed by atoms with E-state index in [-0.39, 0.29) is 38.4 Å². The number of aliphatic carboxylic acids is 2. The molecule has 6 rings (SSSR count). The Hall–Kier alpha value is -6.90. The van der Waals surface area contributed by atoms with E-state index in [0.29, 0.717) is 48.5 Å². The van der Waals surface area contributed by atoms with Gasteiger partial charge in [0.05, 0.1) is 35.7 Å². The molecule has 0 aromatic heterocycles. The summed E-state index contributed by atoms with van der Waals surface area (Å²) >= 11 is 0. The molecular formula is C60H79F6N5O9. The molecule has 0 saturated carbocycles. The van der Waals surface area contributed by atoms with Gasteiger partial charge in [-0.2, -0.15) is 36.9 Å². The minimum Gasteiger partial charge on any atom is -0.490 e. The van der Waals surface area contributed by atoms with E-state index in [4.69, 9.17) is 34.3 Å². The van der Waals surface area contributed by atoms with E-state index in [1.54, 1.807) is 36.4 Å². The average Bonchev–Trinajstić information content (AvgIpc) is 4.02. The van der Waals surface area contributed by atoms with Crippen LogP contribution in [0.2, 0.25) is 0 Å². The second kappa shape index (κ2) is 34.3. The fraction of sp³-hybridized carbons (Fsp3) is 0.533. The molecule has 0 radical (unpaired) electrons. The highest BCUT2D eigenvalue weighted by Gasteiger charge is 2.30. The summed E-state index contributed by atoms with van der Waals surface area (Å²) in [5, 5.41) is 47.7. The molecule has 4 aromatic rings. The van der Waals surface area contributed by atoms with Crippen LogP contribution in [0, 0.1) is 34.5 Å². The Balaban J connectivity index is 0.000000351. The number of nitriles is 2. The van der Waals surface area contributed by atoms with Crippen LogP contribution in [0.1, 0.15) is 119 Å². The zero-order chi connectivity index (χ0) is 58.0. The van der Waals surface area contributed by atoms with E-state index in [1.807, 2.05) is 12.1 Å². The standard InChI is InChI=1S/C27H33F3N2O2.C26H31F3N2O3.C6H11NO4.CH4/c1-3-4-12-32-13-11-22-16-21(17-23(18-31)26(22)32)15-20(2)8-7-14-33-24-9-5-6-10-25(24)34-19-27(28,29)30;1-19(6-4-13-33-23-7-2-3-8-24(23)34-18-26(27,28)29)14-20-15-21-9-11-31(10-5-12-32)25(21)22(16-20)17-30;1-7-4(6(10)11)2-3-5(8)9;/h5-6,9-10,16-17,20H,3-4,7-8,11-15,19H2,1-2H3;2-3,7-8,15-16,19,32H,4-6,9-14,18H2,1H3;4,7H,2-3H2,1H3,(H,8,9)(H,10,11);1H4/t20-;19-;;/m00../s1. The second-order valence-electron chi connectivity index (χ2n) is 19.8. The van der Waals surface area contributed by atoms with Gasteiger partial charge in [0.2, 0.25) is 0 Å². The summed E-state index contributed by atoms with van der Waals surface area (Å²) in [6, 6.07) is 25.2. The molecule has 1 unspecified atom stereocenters. The van der Waals surface area contributed by atoms with Crippen molar-refractivity contribution < 1.29 is 70.2 Å². The second-order valence-corrected chi connectivity index (χ2v) is 19.8. The largest absolute Gasteiger partial charge is 0.490 e. The fourth-order valence-electron chi connectivity index (χ4n) is 9.44. The number of nitrogens with one attached hydrogen (secondary N) is 1. The number of alkyl halides is 6. The SMILES string of the molecule is C.CCCCN1CCc2cc(C[C@@H](C)CCCOc3ccccc3OCC(F)(F)F)cc(C#N)c21.CNC(CCC(=O)O)C(=O)O.C[C@@H](CCCOc1ccccc1OCC(F)(F)F)Cc1cc(C#N)c2c(c1)CCN2CCCO. The van der Waals surface area contributed by atoms with Crippen LogP contribution in [-0.2, 0) is 35.3 Å². The van der Waals surface area contributed by atoms with Crippen LogP contribution >= 0.6 is 0 Å². The highest BCUT2D eigenvalue weighted by atomic mass is 19.4. The lowest BCUT2D eigenvalue weighted by atomic mass is 9.93. The molecule has 2 heterocycles. The maximum atomic E-state index is 12.5. The number of hydrogen-bond acceptors (Lipinski definition) is 12. The molecule has 0 bridgehead atoms. The lowest BCUT2D eigenvalue weighted by molar-refractivity contribution is -0.154. The molecule has 2 aliphatic heterocycles. The minimum absolute atomic E-state index is 0. The van der Waals surface area contributed by atoms with Gasteiger partial charge in [0, 0.05) is 39.2 Å². The maximum Gasteiger partial charge on any atom is 0.422 e. The summed E-state index contributed by atoms with van der Waals surface area (Å²) in [6.45, 7) is 8.32. The quantitative estimate of drug-likeness (QED) is 0.0296. The summed E-state index contributed by atoms with van der Waals surface area (Å²) in [7, 11) is 1.49. The van der Waals surface area contributed by atoms with Gasteiger partial charge >= 0.3 is 24.3 Å². The third-order valence-electron chi connectivity index (χ3n) is 13.2. The number of fused-ring (bicyclic) bond motifs is 2. The Labute approximate surface area is 467 Å². The number of rotatable bonds is 29. The Morgan fingerprint density at radius 3 is 1.43 bits per heavy atom. The Morgan fingerprint density at radius 1 is 0.662 bits per heavy atom. The van der Waals surface area contributed by atoms with E-state index in [2.05, 4.69) is 60.2 Å². The van der Waals surface area contributed by atoms with E-state index < -0.39 is 43.5 Å². The number of anilines is 2. The summed E-state index contributed by atoms with van der Waals surface area (Å²) in [5.74, 6) is -0.433. The number of carboxylic acid groups (broad SMARTS) is 2. The Bertz CT molecular complexity index is 2460. The van der Waals surface area contributed by atoms with Crippen molar-refractivity contribution in [1.29, 1.82) is 10.5 Å². The number of likely N-dealkylation sites (N-methyl/N-ethyl adjacent to an activating group) is 1. The van der Waals surface area contributed by atoms with Crippen molar-refractivity contribution in [1.82, 2.24) is 5.32 Å². The average molecular weight is 1130 g/mol. The molecule has 440 valence electrons. The normalized spacial score (nSPS) is 13.6. The van der Waals surface area contributed by atoms with Crippen LogP contribution in [0.5, 0.6) is 23.0 Å². The molecule has 0 amide bonds. The third-order valence-corrected chi connectivity index (χ3v) is 13.2. The van der Waals surface area contributed by atoms with E-state index in [9.17, 15) is 46.5 Å². The monoisotopic (exact) mass is 1130 g/mol. The molecule has 4 N–H and O–H groups in total. The first-order valence-corrected chi connectivity index (χ1v) is 26.9. The molecule has 0 aliphatic carbocycles. The first-order valence-electron chi connectivity index (χ1n) is 26.9. The molecule has 2 aliphatic rings. The number of aliphatic hydroxyl groups excluding tert-OH is 1. The lowest BCUT2D eigenvalue weighted by Crippen LogP contribution is -2.34. The van der Waals surface area contributed by atoms with E-state index >= 15 is 0 Å². The van der Waals surface area contributed by atoms with Crippen LogP contribution < -0.4 is 34.1 Å². The van der Waals surface area contributed by atoms with Crippen molar-refractivity contribution >= 4 is 23.3 Å². The van der Waals surface area contributed by atoms with E-state index in [0.717, 1.165) is 113 Å². The summed E-state index contributed by atoms with van der Waals surface area (Å²) < 4.78 is 95.8. The Kier molecular flexibility index (Phi) is 28.9. The number of carbonyl (C=O) groups is 2. The van der Waals surface area contributed by atoms with Gasteiger partial charge in [0.15, 0.2) is 36.2 Å². The first-order chi connectivity index (χ1) is 37.7. The smallest absolute Gasteiger partial charge is 0.422 e. The number of aliphatic hydroxyl groups is 1. The van der Waals surface area contributed by atoms with Crippen molar-refractivity contribution in [2.24, 2.45) is 11.8 Å². The van der Waals surface area contributed by atoms with Gasteiger partial charge in [0.1, 0.15) is 18.2 Å². The highest BCUT2D eigenvalue weighted by Crippen LogP contribution is 2.36. The number of carboxylic acids is 2. The summed E-state index contributed by atoms with van der Waals surface area (Å²) in [4.78, 5) is 24.8. The predicted octanol–water partition coefficient (Wildman–Crippen LogP) is 12.1. The minimum atomic E-state index is -4.40. The van der Waals surface area contributed by atoms with Gasteiger partial charge in [-0.05, 0) is 148 Å². The molecule has 4 aromatic carbocycles. The number of benzene rings is 4. The van der Waals surface area contributed by atoms with Gasteiger partial charge in [-0.1, -0.05) is 71.0 Å². The van der Waals surface area contributed by atoms with Gasteiger partial charge in [-0.3, -0.25) is 9.59 Å². The molecule has 20 heteroatoms. The molecule has 14 nitrogen and oxygen atoms in total. The van der Waals surface area contributed by atoms with Crippen molar-refractivity contribution in [3.8, 4) is 35.1 Å². The zero-order valence-corrected chi connectivity index (χ0v) is 45.6. The molecule has 80 heavy (non-hydrogen) atoms. The van der Waals surface area contributed by atoms with Gasteiger partial charge in [0.25, 0.3) is 0 Å². The van der Waals surface area contributed by atoms with Gasteiger partial charge in [-0.15, -0.1) is 0 Å². The van der Waals surface area contributed by atoms with Crippen LogP contribution in [-0.4, -0.2) is 112 Å². The van der Waals surface area contributed by atoms with Crippen LogP contribution in [0.3, 0.4) is 0 Å². The van der Waals surface area contributed by atoms with Crippen LogP contribution in [0.25, 0.3) is 0 Å². The number of unbranched alkanes of at least 4 members (excludes halogenated alkanes) is 1. The molecule has 0 fully saturated rings. The topological polar surface area (TPSA) is 198 Å². The zero-order valence-electron chi connectivity index (χ0n) is 45.6. The number of para-hydroxylation sites is 4. The molecule has 0 saturated heterocycles. The number of nitrogens with zero attached hydrogens (tertiary/aromatic N) is 4. The van der Waals surface area contributed by atoms with Crippen LogP contribution in [0.15, 0.2) is 72.8 Å². The van der Waals surface area contributed by atoms with Gasteiger partial charge < -0.3 is 49.4 Å². The van der Waals surface area contributed by atoms with Gasteiger partial charge in [-0.25, -0.2) is 0 Å². The first kappa shape index (κ1) is 67.4. The molecule has 0 spiro atoms. The lowest BCUT2D eigenvalue weighted by Gasteiger charge is -2.21. The van der Waals surface area contributed by atoms with Crippen LogP contribution in [0.4, 0.5) is 37.7 Å². The number of ether oxygens (including phenoxy) is 4. The summed E-state index contributed by atoms with van der Waals surface area (Å²) in [5.41, 5.74) is 8.38. The maximum absolute atomic E-state index is 12.5. The predicted molar refractivity (Wildman–Crippen MR) is 296 cm³/mol. The number of hydrogen-bond donors (Lipinski definition) is 4. The van der Waals surface area contributed by atoms with Crippen molar-refractivity contribution in [2.75, 3.05) is 76.1 Å². The highest BCUT2D eigenvalue weighted by molar-refractivity contribution is 5.75. The summed E-state index contributed by atoms with van der Waals surface area (Å²) in [6.07, 6.45) is 1.07. The molecule has 3 atom stereocenters.